The molecule has 1 aromatic rings. The molecule has 136 valence electrons. The summed E-state index contributed by atoms with van der Waals surface area (Å²) in [7, 11) is -0.230. The number of esters is 1. The first-order valence-electron chi connectivity index (χ1n) is 7.03. The first-order valence-corrected chi connectivity index (χ1v) is 8.97. The molecule has 0 saturated heterocycles. The molecule has 9 heteroatoms. The van der Waals surface area contributed by atoms with E-state index in [9.17, 15) is 17.8 Å². The quantitative estimate of drug-likeness (QED) is 0.673. The lowest BCUT2D eigenvalue weighted by atomic mass is 10.0. The monoisotopic (exact) mass is 427 g/mol. The highest BCUT2D eigenvalue weighted by molar-refractivity contribution is 9.10. The molecular formula is C15H20BrF2NO4S. The number of nitrogens with one attached hydrogen (secondary N) is 1. The van der Waals surface area contributed by atoms with E-state index in [4.69, 9.17) is 0 Å². The van der Waals surface area contributed by atoms with Gasteiger partial charge in [-0.1, -0.05) is 15.9 Å². The zero-order chi connectivity index (χ0) is 18.5. The van der Waals surface area contributed by atoms with E-state index in [1.807, 2.05) is 0 Å². The summed E-state index contributed by atoms with van der Waals surface area (Å²) < 4.78 is 49.1. The van der Waals surface area contributed by atoms with Crippen molar-refractivity contribution in [2.45, 2.75) is 44.6 Å². The van der Waals surface area contributed by atoms with Gasteiger partial charge in [-0.2, -0.15) is 8.78 Å². The molecule has 0 fully saturated rings. The van der Waals surface area contributed by atoms with Crippen LogP contribution in [-0.4, -0.2) is 28.6 Å². The van der Waals surface area contributed by atoms with Crippen LogP contribution in [0.4, 0.5) is 8.78 Å². The van der Waals surface area contributed by atoms with Crippen molar-refractivity contribution < 1.29 is 27.3 Å². The maximum atomic E-state index is 12.4. The van der Waals surface area contributed by atoms with Gasteiger partial charge in [-0.3, -0.25) is 4.79 Å². The topological polar surface area (TPSA) is 64.6 Å². The fourth-order valence-electron chi connectivity index (χ4n) is 1.74. The number of benzene rings is 1. The van der Waals surface area contributed by atoms with E-state index in [2.05, 4.69) is 30.1 Å². The second-order valence-electron chi connectivity index (χ2n) is 5.93. The molecule has 0 aromatic heterocycles. The molecule has 0 amide bonds. The van der Waals surface area contributed by atoms with E-state index in [-0.39, 0.29) is 12.2 Å². The van der Waals surface area contributed by atoms with Gasteiger partial charge >= 0.3 is 12.6 Å². The van der Waals surface area contributed by atoms with Crippen molar-refractivity contribution in [2.75, 3.05) is 7.11 Å². The molecule has 1 N–H and O–H groups in total. The Labute approximate surface area is 150 Å². The summed E-state index contributed by atoms with van der Waals surface area (Å²) >= 11 is 3.22. The van der Waals surface area contributed by atoms with Gasteiger partial charge in [0.2, 0.25) is 0 Å². The summed E-state index contributed by atoms with van der Waals surface area (Å²) in [5.41, 5.74) is 0.475. The van der Waals surface area contributed by atoms with Crippen molar-refractivity contribution in [3.8, 4) is 5.75 Å². The summed E-state index contributed by atoms with van der Waals surface area (Å²) in [4.78, 5) is 11.7. The smallest absolute Gasteiger partial charge is 0.387 e. The highest BCUT2D eigenvalue weighted by Crippen LogP contribution is 2.29. The minimum Gasteiger partial charge on any atom is -0.469 e. The zero-order valence-corrected chi connectivity index (χ0v) is 16.2. The second kappa shape index (κ2) is 8.87. The number of halogens is 3. The molecule has 0 aliphatic rings. The lowest BCUT2D eigenvalue weighted by molar-refractivity contribution is -0.141. The number of ether oxygens (including phenoxy) is 2. The van der Waals surface area contributed by atoms with Crippen LogP contribution in [0.15, 0.2) is 22.7 Å². The predicted octanol–water partition coefficient (Wildman–Crippen LogP) is 3.71. The number of rotatable bonds is 7. The van der Waals surface area contributed by atoms with Gasteiger partial charge in [0.25, 0.3) is 0 Å². The Balaban J connectivity index is 3.15. The molecule has 0 aliphatic heterocycles. The average Bonchev–Trinajstić information content (AvgIpc) is 2.43. The number of carbonyl (C=O) groups excluding carboxylic acids is 1. The Bertz CT molecular complexity index is 608. The van der Waals surface area contributed by atoms with Crippen molar-refractivity contribution in [1.29, 1.82) is 0 Å². The Morgan fingerprint density at radius 3 is 2.46 bits per heavy atom. The molecule has 0 aliphatic carbocycles. The first kappa shape index (κ1) is 21.0. The molecule has 24 heavy (non-hydrogen) atoms. The Morgan fingerprint density at radius 1 is 1.33 bits per heavy atom. The van der Waals surface area contributed by atoms with Crippen LogP contribution in [0.3, 0.4) is 0 Å². The number of hydrogen-bond acceptors (Lipinski definition) is 4. The van der Waals surface area contributed by atoms with Gasteiger partial charge in [-0.05, 0) is 44.5 Å². The molecule has 1 rings (SSSR count). The third kappa shape index (κ3) is 6.82. The Kier molecular flexibility index (Phi) is 7.75. The van der Waals surface area contributed by atoms with Crippen LogP contribution in [0.5, 0.6) is 5.75 Å². The van der Waals surface area contributed by atoms with Gasteiger partial charge < -0.3 is 9.47 Å². The SMILES string of the molecule is COC(=O)C[C@H](NS(=O)C(C)(C)C)c1cc(Br)cc(OC(F)F)c1. The molecule has 0 heterocycles. The minimum atomic E-state index is -2.97. The van der Waals surface area contributed by atoms with Crippen LogP contribution < -0.4 is 9.46 Å². The van der Waals surface area contributed by atoms with Crippen LogP contribution in [0.25, 0.3) is 0 Å². The Morgan fingerprint density at radius 2 is 1.96 bits per heavy atom. The largest absolute Gasteiger partial charge is 0.469 e. The predicted molar refractivity (Wildman–Crippen MR) is 91.2 cm³/mol. The second-order valence-corrected chi connectivity index (χ2v) is 8.84. The number of carbonyl (C=O) groups is 1. The summed E-state index contributed by atoms with van der Waals surface area (Å²) in [6.07, 6.45) is -0.108. The van der Waals surface area contributed by atoms with Gasteiger partial charge in [-0.15, -0.1) is 0 Å². The van der Waals surface area contributed by atoms with Crippen molar-refractivity contribution in [1.82, 2.24) is 4.72 Å². The average molecular weight is 428 g/mol. The lowest BCUT2D eigenvalue weighted by Crippen LogP contribution is -2.36. The summed E-state index contributed by atoms with van der Waals surface area (Å²) in [5, 5.41) is 0. The maximum absolute atomic E-state index is 12.4. The van der Waals surface area contributed by atoms with Crippen LogP contribution >= 0.6 is 15.9 Å². The van der Waals surface area contributed by atoms with Gasteiger partial charge in [0.1, 0.15) is 5.75 Å². The standard InChI is InChI=1S/C15H20BrF2NO4S/c1-15(2,3)24(21)19-12(8-13(20)22-4)9-5-10(16)7-11(6-9)23-14(17)18/h5-7,12,14,19H,8H2,1-4H3/t12-,24?/m0/s1. The number of methoxy groups -OCH3 is 1. The highest BCUT2D eigenvalue weighted by Gasteiger charge is 2.26. The van der Waals surface area contributed by atoms with Crippen LogP contribution in [0.2, 0.25) is 0 Å². The fraction of sp³-hybridized carbons (Fsp3) is 0.533. The van der Waals surface area contributed by atoms with Crippen LogP contribution in [-0.2, 0) is 20.5 Å². The molecule has 5 nitrogen and oxygen atoms in total. The third-order valence-corrected chi connectivity index (χ3v) is 4.99. The van der Waals surface area contributed by atoms with E-state index < -0.39 is 34.4 Å². The molecular weight excluding hydrogens is 408 g/mol. The zero-order valence-electron chi connectivity index (χ0n) is 13.8. The molecule has 1 aromatic carbocycles. The molecule has 0 bridgehead atoms. The van der Waals surface area contributed by atoms with Crippen molar-refractivity contribution in [2.24, 2.45) is 0 Å². The molecule has 1 unspecified atom stereocenters. The lowest BCUT2D eigenvalue weighted by Gasteiger charge is -2.24. The van der Waals surface area contributed by atoms with Crippen molar-refractivity contribution in [3.63, 3.8) is 0 Å². The van der Waals surface area contributed by atoms with Crippen molar-refractivity contribution in [3.05, 3.63) is 28.2 Å². The Hall–Kier alpha value is -1.06. The normalized spacial score (nSPS) is 14.3. The molecule has 2 atom stereocenters. The maximum Gasteiger partial charge on any atom is 0.387 e. The first-order chi connectivity index (χ1) is 11.0. The van der Waals surface area contributed by atoms with E-state index in [0.717, 1.165) is 0 Å². The van der Waals surface area contributed by atoms with E-state index in [0.29, 0.717) is 10.0 Å². The minimum absolute atomic E-state index is 0.0624. The van der Waals surface area contributed by atoms with Crippen molar-refractivity contribution >= 4 is 32.9 Å². The number of hydrogen-bond donors (Lipinski definition) is 1. The fourth-order valence-corrected chi connectivity index (χ4v) is 3.06. The van der Waals surface area contributed by atoms with E-state index in [1.165, 1.54) is 19.2 Å². The molecule has 0 radical (unpaired) electrons. The molecule has 0 saturated carbocycles. The van der Waals surface area contributed by atoms with Crippen LogP contribution in [0.1, 0.15) is 38.8 Å². The highest BCUT2D eigenvalue weighted by atomic mass is 79.9. The van der Waals surface area contributed by atoms with Gasteiger partial charge in [0, 0.05) is 4.47 Å². The summed E-state index contributed by atoms with van der Waals surface area (Å²) in [5.74, 6) is -0.581. The number of alkyl halides is 2. The van der Waals surface area contributed by atoms with Gasteiger partial charge in [0.15, 0.2) is 0 Å². The molecule has 0 spiro atoms. The third-order valence-electron chi connectivity index (χ3n) is 2.93. The summed E-state index contributed by atoms with van der Waals surface area (Å²) in [6, 6.07) is 3.71. The van der Waals surface area contributed by atoms with Gasteiger partial charge in [0.05, 0.1) is 35.3 Å². The van der Waals surface area contributed by atoms with Gasteiger partial charge in [-0.25, -0.2) is 8.93 Å². The van der Waals surface area contributed by atoms with E-state index >= 15 is 0 Å². The van der Waals surface area contributed by atoms with E-state index in [1.54, 1.807) is 26.8 Å². The summed E-state index contributed by atoms with van der Waals surface area (Å²) in [6.45, 7) is 2.36. The van der Waals surface area contributed by atoms with Crippen LogP contribution in [0, 0.1) is 0 Å².